The summed E-state index contributed by atoms with van der Waals surface area (Å²) in [6, 6.07) is 8.44. The molecule has 19 heavy (non-hydrogen) atoms. The molecule has 0 saturated heterocycles. The van der Waals surface area contributed by atoms with Gasteiger partial charge in [0, 0.05) is 0 Å². The predicted molar refractivity (Wildman–Crippen MR) is 75.4 cm³/mol. The molecule has 2 saturated carbocycles. The van der Waals surface area contributed by atoms with Gasteiger partial charge in [-0.25, -0.2) is 0 Å². The van der Waals surface area contributed by atoms with Gasteiger partial charge in [0.05, 0.1) is 5.41 Å². The van der Waals surface area contributed by atoms with E-state index in [-0.39, 0.29) is 0 Å². The average Bonchev–Trinajstić information content (AvgIpc) is 2.38. The molecular weight excluding hydrogens is 236 g/mol. The van der Waals surface area contributed by atoms with Crippen LogP contribution in [-0.2, 0) is 10.2 Å². The Morgan fingerprint density at radius 1 is 1.11 bits per heavy atom. The maximum absolute atomic E-state index is 11.8. The molecule has 0 aromatic heterocycles. The van der Waals surface area contributed by atoms with E-state index >= 15 is 0 Å². The van der Waals surface area contributed by atoms with E-state index in [2.05, 4.69) is 18.2 Å². The summed E-state index contributed by atoms with van der Waals surface area (Å²) in [5.74, 6) is 0.0485. The van der Waals surface area contributed by atoms with Crippen LogP contribution in [0.4, 0.5) is 0 Å². The minimum atomic E-state index is -0.627. The third-order valence-corrected chi connectivity index (χ3v) is 5.13. The van der Waals surface area contributed by atoms with Crippen LogP contribution in [0.5, 0.6) is 0 Å². The van der Waals surface area contributed by atoms with E-state index in [1.54, 1.807) is 0 Å². The monoisotopic (exact) mass is 258 g/mol. The predicted octanol–water partition coefficient (Wildman–Crippen LogP) is 4.24. The Hall–Kier alpha value is -1.31. The van der Waals surface area contributed by atoms with Crippen molar-refractivity contribution in [1.82, 2.24) is 0 Å². The lowest BCUT2D eigenvalue weighted by Crippen LogP contribution is -2.38. The fourth-order valence-electron chi connectivity index (χ4n) is 3.61. The summed E-state index contributed by atoms with van der Waals surface area (Å²) in [6.07, 6.45) is 8.72. The van der Waals surface area contributed by atoms with Crippen LogP contribution in [0, 0.1) is 0 Å². The van der Waals surface area contributed by atoms with Crippen molar-refractivity contribution in [3.63, 3.8) is 0 Å². The molecule has 102 valence electrons. The largest absolute Gasteiger partial charge is 0.481 e. The van der Waals surface area contributed by atoms with Crippen molar-refractivity contribution >= 4 is 5.97 Å². The van der Waals surface area contributed by atoms with E-state index in [1.807, 2.05) is 6.07 Å². The maximum Gasteiger partial charge on any atom is 0.314 e. The average molecular weight is 258 g/mol. The molecule has 0 heterocycles. The molecule has 3 rings (SSSR count). The lowest BCUT2D eigenvalue weighted by molar-refractivity contribution is -0.145. The molecule has 1 aromatic carbocycles. The number of carboxylic acid groups (broad SMARTS) is 1. The van der Waals surface area contributed by atoms with Gasteiger partial charge in [-0.2, -0.15) is 0 Å². The van der Waals surface area contributed by atoms with Gasteiger partial charge in [0.15, 0.2) is 0 Å². The number of rotatable bonds is 3. The normalized spacial score (nSPS) is 22.7. The first-order chi connectivity index (χ1) is 9.22. The number of carbonyl (C=O) groups is 1. The van der Waals surface area contributed by atoms with Crippen LogP contribution in [0.25, 0.3) is 0 Å². The summed E-state index contributed by atoms with van der Waals surface area (Å²) in [4.78, 5) is 11.8. The second-order valence-corrected chi connectivity index (χ2v) is 6.20. The van der Waals surface area contributed by atoms with Crippen molar-refractivity contribution in [2.45, 2.75) is 62.7 Å². The Labute approximate surface area is 114 Å². The molecule has 1 aromatic rings. The van der Waals surface area contributed by atoms with Crippen molar-refractivity contribution < 1.29 is 9.90 Å². The van der Waals surface area contributed by atoms with Gasteiger partial charge in [0.25, 0.3) is 0 Å². The van der Waals surface area contributed by atoms with Crippen molar-refractivity contribution in [2.24, 2.45) is 0 Å². The smallest absolute Gasteiger partial charge is 0.314 e. The number of benzene rings is 1. The standard InChI is InChI=1S/C17H22O2/c18-16(19)17(10-2-1-3-11-17)15-9-5-8-14(12-15)13-6-4-7-13/h5,8-9,12-13H,1-4,6-7,10-11H2,(H,18,19). The van der Waals surface area contributed by atoms with Crippen molar-refractivity contribution in [3.8, 4) is 0 Å². The molecular formula is C17H22O2. The Morgan fingerprint density at radius 2 is 1.84 bits per heavy atom. The molecule has 2 fully saturated rings. The fraction of sp³-hybridized carbons (Fsp3) is 0.588. The third kappa shape index (κ3) is 2.18. The quantitative estimate of drug-likeness (QED) is 0.880. The summed E-state index contributed by atoms with van der Waals surface area (Å²) in [5.41, 5.74) is 1.79. The van der Waals surface area contributed by atoms with Gasteiger partial charge in [-0.1, -0.05) is 49.9 Å². The lowest BCUT2D eigenvalue weighted by Gasteiger charge is -2.35. The minimum Gasteiger partial charge on any atom is -0.481 e. The van der Waals surface area contributed by atoms with E-state index < -0.39 is 11.4 Å². The Balaban J connectivity index is 1.95. The van der Waals surface area contributed by atoms with Gasteiger partial charge < -0.3 is 5.11 Å². The Bertz CT molecular complexity index is 468. The maximum atomic E-state index is 11.8. The molecule has 2 nitrogen and oxygen atoms in total. The van der Waals surface area contributed by atoms with Crippen LogP contribution in [0.3, 0.4) is 0 Å². The molecule has 0 unspecified atom stereocenters. The van der Waals surface area contributed by atoms with Gasteiger partial charge in [0.2, 0.25) is 0 Å². The highest BCUT2D eigenvalue weighted by molar-refractivity contribution is 5.81. The summed E-state index contributed by atoms with van der Waals surface area (Å²) in [7, 11) is 0. The number of hydrogen-bond donors (Lipinski definition) is 1. The number of carboxylic acids is 1. The summed E-state index contributed by atoms with van der Waals surface area (Å²) in [6.45, 7) is 0. The molecule has 2 aliphatic carbocycles. The van der Waals surface area contributed by atoms with E-state index in [4.69, 9.17) is 0 Å². The third-order valence-electron chi connectivity index (χ3n) is 5.13. The van der Waals surface area contributed by atoms with Crippen LogP contribution in [0.15, 0.2) is 24.3 Å². The van der Waals surface area contributed by atoms with Crippen molar-refractivity contribution in [1.29, 1.82) is 0 Å². The SMILES string of the molecule is O=C(O)C1(c2cccc(C3CCC3)c2)CCCCC1. The summed E-state index contributed by atoms with van der Waals surface area (Å²) < 4.78 is 0. The minimum absolute atomic E-state index is 0.613. The molecule has 0 amide bonds. The van der Waals surface area contributed by atoms with E-state index in [1.165, 1.54) is 31.2 Å². The molecule has 1 N–H and O–H groups in total. The second kappa shape index (κ2) is 4.99. The molecule has 0 aliphatic heterocycles. The Morgan fingerprint density at radius 3 is 2.42 bits per heavy atom. The first-order valence-electron chi connectivity index (χ1n) is 7.56. The zero-order chi connectivity index (χ0) is 13.3. The zero-order valence-corrected chi connectivity index (χ0v) is 11.4. The topological polar surface area (TPSA) is 37.3 Å². The molecule has 0 atom stereocenters. The van der Waals surface area contributed by atoms with Gasteiger partial charge in [-0.3, -0.25) is 4.79 Å². The summed E-state index contributed by atoms with van der Waals surface area (Å²) in [5, 5.41) is 9.74. The fourth-order valence-corrected chi connectivity index (χ4v) is 3.61. The molecule has 0 spiro atoms. The van der Waals surface area contributed by atoms with Crippen LogP contribution in [0.1, 0.15) is 68.4 Å². The molecule has 2 aliphatic rings. The van der Waals surface area contributed by atoms with Crippen molar-refractivity contribution in [3.05, 3.63) is 35.4 Å². The van der Waals surface area contributed by atoms with Gasteiger partial charge >= 0.3 is 5.97 Å². The second-order valence-electron chi connectivity index (χ2n) is 6.20. The van der Waals surface area contributed by atoms with E-state index in [9.17, 15) is 9.90 Å². The first-order valence-corrected chi connectivity index (χ1v) is 7.56. The highest BCUT2D eigenvalue weighted by Gasteiger charge is 2.41. The molecule has 0 bridgehead atoms. The van der Waals surface area contributed by atoms with E-state index in [0.29, 0.717) is 5.92 Å². The number of hydrogen-bond acceptors (Lipinski definition) is 1. The van der Waals surface area contributed by atoms with E-state index in [0.717, 1.165) is 31.2 Å². The summed E-state index contributed by atoms with van der Waals surface area (Å²) >= 11 is 0. The lowest BCUT2D eigenvalue weighted by atomic mass is 9.68. The molecule has 0 radical (unpaired) electrons. The first kappa shape index (κ1) is 12.7. The van der Waals surface area contributed by atoms with Crippen LogP contribution >= 0.6 is 0 Å². The Kier molecular flexibility index (Phi) is 3.34. The zero-order valence-electron chi connectivity index (χ0n) is 11.4. The van der Waals surface area contributed by atoms with Gasteiger partial charge in [-0.05, 0) is 42.7 Å². The van der Waals surface area contributed by atoms with Gasteiger partial charge in [0.1, 0.15) is 0 Å². The van der Waals surface area contributed by atoms with Crippen LogP contribution in [-0.4, -0.2) is 11.1 Å². The number of aliphatic carboxylic acids is 1. The molecule has 2 heteroatoms. The van der Waals surface area contributed by atoms with Gasteiger partial charge in [-0.15, -0.1) is 0 Å². The van der Waals surface area contributed by atoms with Crippen LogP contribution in [0.2, 0.25) is 0 Å². The highest BCUT2D eigenvalue weighted by atomic mass is 16.4. The highest BCUT2D eigenvalue weighted by Crippen LogP contribution is 2.42. The van der Waals surface area contributed by atoms with Crippen LogP contribution < -0.4 is 0 Å². The van der Waals surface area contributed by atoms with Crippen molar-refractivity contribution in [2.75, 3.05) is 0 Å².